The van der Waals surface area contributed by atoms with Gasteiger partial charge in [-0.05, 0) is 36.5 Å². The van der Waals surface area contributed by atoms with Crippen molar-refractivity contribution in [2.75, 3.05) is 7.11 Å². The average molecular weight is 407 g/mol. The molecule has 5 heteroatoms. The number of rotatable bonds is 15. The molecule has 0 heterocycles. The van der Waals surface area contributed by atoms with Crippen molar-refractivity contribution in [3.63, 3.8) is 0 Å². The van der Waals surface area contributed by atoms with E-state index in [9.17, 15) is 20.1 Å². The highest BCUT2D eigenvalue weighted by Crippen LogP contribution is 2.22. The number of aliphatic hydroxyl groups excluding tert-OH is 3. The van der Waals surface area contributed by atoms with Gasteiger partial charge in [-0.15, -0.1) is 0 Å². The molecular weight excluding hydrogens is 368 g/mol. The summed E-state index contributed by atoms with van der Waals surface area (Å²) in [5.41, 5.74) is 1.74. The van der Waals surface area contributed by atoms with Crippen LogP contribution in [-0.4, -0.2) is 40.6 Å². The number of carbonyl (C=O) groups excluding carboxylic acids is 1. The van der Waals surface area contributed by atoms with E-state index in [1.165, 1.54) is 32.8 Å². The Morgan fingerprint density at radius 2 is 1.76 bits per heavy atom. The van der Waals surface area contributed by atoms with Crippen LogP contribution in [0.1, 0.15) is 88.4 Å². The van der Waals surface area contributed by atoms with Gasteiger partial charge in [-0.2, -0.15) is 0 Å². The van der Waals surface area contributed by atoms with Crippen molar-refractivity contribution < 1.29 is 24.9 Å². The summed E-state index contributed by atoms with van der Waals surface area (Å²) in [5.74, 6) is -0.321. The Morgan fingerprint density at radius 1 is 1.03 bits per heavy atom. The molecule has 0 aliphatic heterocycles. The predicted molar refractivity (Wildman–Crippen MR) is 116 cm³/mol. The smallest absolute Gasteiger partial charge is 0.305 e. The number of hydrogen-bond acceptors (Lipinski definition) is 5. The van der Waals surface area contributed by atoms with Crippen LogP contribution in [0.4, 0.5) is 0 Å². The highest BCUT2D eigenvalue weighted by atomic mass is 16.5. The van der Waals surface area contributed by atoms with E-state index in [0.29, 0.717) is 12.8 Å². The Labute approximate surface area is 175 Å². The Morgan fingerprint density at radius 3 is 2.48 bits per heavy atom. The molecule has 0 aliphatic rings. The SMILES string of the molecule is CCCCCCCC[C@H](O)c1cccc(/C=C/[C@@H](O)[C@@H](O)CCCC(=O)OC)c1. The molecule has 0 aliphatic carbocycles. The summed E-state index contributed by atoms with van der Waals surface area (Å²) in [6.45, 7) is 2.20. The molecule has 1 rings (SSSR count). The van der Waals surface area contributed by atoms with E-state index in [2.05, 4.69) is 11.7 Å². The summed E-state index contributed by atoms with van der Waals surface area (Å²) in [6, 6.07) is 7.61. The average Bonchev–Trinajstić information content (AvgIpc) is 2.74. The molecule has 164 valence electrons. The number of aliphatic hydroxyl groups is 3. The zero-order chi connectivity index (χ0) is 21.5. The van der Waals surface area contributed by atoms with Gasteiger partial charge in [0.2, 0.25) is 0 Å². The fraction of sp³-hybridized carbons (Fsp3) is 0.625. The lowest BCUT2D eigenvalue weighted by Crippen LogP contribution is -2.23. The van der Waals surface area contributed by atoms with Gasteiger partial charge in [0.05, 0.1) is 25.4 Å². The zero-order valence-corrected chi connectivity index (χ0v) is 17.9. The molecule has 0 saturated heterocycles. The fourth-order valence-corrected chi connectivity index (χ4v) is 3.22. The summed E-state index contributed by atoms with van der Waals surface area (Å²) in [6.07, 6.45) is 9.79. The van der Waals surface area contributed by atoms with Crippen molar-refractivity contribution in [2.24, 2.45) is 0 Å². The first-order valence-corrected chi connectivity index (χ1v) is 10.9. The van der Waals surface area contributed by atoms with E-state index in [0.717, 1.165) is 30.4 Å². The highest BCUT2D eigenvalue weighted by molar-refractivity contribution is 5.69. The van der Waals surface area contributed by atoms with E-state index in [-0.39, 0.29) is 12.4 Å². The molecule has 0 aromatic heterocycles. The van der Waals surface area contributed by atoms with E-state index < -0.39 is 18.3 Å². The summed E-state index contributed by atoms with van der Waals surface area (Å²) in [4.78, 5) is 11.1. The first-order valence-electron chi connectivity index (χ1n) is 10.9. The minimum Gasteiger partial charge on any atom is -0.469 e. The van der Waals surface area contributed by atoms with Crippen LogP contribution in [0.15, 0.2) is 30.3 Å². The van der Waals surface area contributed by atoms with Crippen LogP contribution in [0, 0.1) is 0 Å². The largest absolute Gasteiger partial charge is 0.469 e. The maximum atomic E-state index is 11.1. The summed E-state index contributed by atoms with van der Waals surface area (Å²) in [7, 11) is 1.33. The van der Waals surface area contributed by atoms with Gasteiger partial charge >= 0.3 is 5.97 Å². The summed E-state index contributed by atoms with van der Waals surface area (Å²) >= 11 is 0. The van der Waals surface area contributed by atoms with Gasteiger partial charge in [-0.3, -0.25) is 4.79 Å². The molecule has 0 amide bonds. The van der Waals surface area contributed by atoms with Crippen molar-refractivity contribution >= 4 is 12.0 Å². The maximum Gasteiger partial charge on any atom is 0.305 e. The molecular formula is C24H38O5. The van der Waals surface area contributed by atoms with Crippen molar-refractivity contribution in [3.8, 4) is 0 Å². The second-order valence-electron chi connectivity index (χ2n) is 7.63. The summed E-state index contributed by atoms with van der Waals surface area (Å²) in [5, 5.41) is 30.5. The molecule has 0 bridgehead atoms. The second-order valence-corrected chi connectivity index (χ2v) is 7.63. The monoisotopic (exact) mass is 406 g/mol. The Balaban J connectivity index is 2.45. The number of benzene rings is 1. The molecule has 3 N–H and O–H groups in total. The number of unbranched alkanes of at least 4 members (excludes halogenated alkanes) is 5. The third kappa shape index (κ3) is 11.2. The van der Waals surface area contributed by atoms with Gasteiger partial charge in [0.25, 0.3) is 0 Å². The van der Waals surface area contributed by atoms with Gasteiger partial charge in [-0.25, -0.2) is 0 Å². The standard InChI is InChI=1S/C24H38O5/c1-3-4-5-6-7-8-13-21(25)20-12-9-11-19(18-20)16-17-23(27)22(26)14-10-15-24(28)29-2/h9,11-12,16-18,21-23,25-27H,3-8,10,13-15H2,1-2H3/b17-16+/t21-,22-,23+/m0/s1. The minimum absolute atomic E-state index is 0.225. The van der Waals surface area contributed by atoms with E-state index in [1.807, 2.05) is 24.3 Å². The number of hydrogen-bond donors (Lipinski definition) is 3. The molecule has 29 heavy (non-hydrogen) atoms. The number of methoxy groups -OCH3 is 1. The molecule has 1 aromatic carbocycles. The van der Waals surface area contributed by atoms with Crippen LogP contribution in [0.3, 0.4) is 0 Å². The van der Waals surface area contributed by atoms with E-state index in [1.54, 1.807) is 12.2 Å². The number of esters is 1. The molecule has 0 saturated carbocycles. The van der Waals surface area contributed by atoms with Crippen molar-refractivity contribution in [2.45, 2.75) is 89.4 Å². The van der Waals surface area contributed by atoms with Crippen LogP contribution in [0.5, 0.6) is 0 Å². The quantitative estimate of drug-likeness (QED) is 0.294. The van der Waals surface area contributed by atoms with Crippen LogP contribution < -0.4 is 0 Å². The van der Waals surface area contributed by atoms with Crippen molar-refractivity contribution in [1.29, 1.82) is 0 Å². The molecule has 0 radical (unpaired) electrons. The molecule has 3 atom stereocenters. The Hall–Kier alpha value is -1.69. The van der Waals surface area contributed by atoms with Gasteiger partial charge in [0.1, 0.15) is 0 Å². The lowest BCUT2D eigenvalue weighted by Gasteiger charge is -2.14. The van der Waals surface area contributed by atoms with Crippen molar-refractivity contribution in [3.05, 3.63) is 41.5 Å². The Kier molecular flexibility index (Phi) is 13.3. The summed E-state index contributed by atoms with van der Waals surface area (Å²) < 4.78 is 4.56. The minimum atomic E-state index is -1.01. The van der Waals surface area contributed by atoms with Gasteiger partial charge in [0.15, 0.2) is 0 Å². The molecule has 0 fully saturated rings. The fourth-order valence-electron chi connectivity index (χ4n) is 3.22. The topological polar surface area (TPSA) is 87.0 Å². The highest BCUT2D eigenvalue weighted by Gasteiger charge is 2.14. The predicted octanol–water partition coefficient (Wildman–Crippen LogP) is 4.55. The van der Waals surface area contributed by atoms with E-state index in [4.69, 9.17) is 0 Å². The molecule has 5 nitrogen and oxygen atoms in total. The number of ether oxygens (including phenoxy) is 1. The van der Waals surface area contributed by atoms with Crippen LogP contribution in [0.2, 0.25) is 0 Å². The van der Waals surface area contributed by atoms with Gasteiger partial charge in [-0.1, -0.05) is 75.8 Å². The van der Waals surface area contributed by atoms with E-state index >= 15 is 0 Å². The molecule has 0 unspecified atom stereocenters. The van der Waals surface area contributed by atoms with Crippen LogP contribution in [0.25, 0.3) is 6.08 Å². The third-order valence-corrected chi connectivity index (χ3v) is 5.12. The van der Waals surface area contributed by atoms with Crippen LogP contribution in [-0.2, 0) is 9.53 Å². The Bertz CT molecular complexity index is 599. The van der Waals surface area contributed by atoms with Gasteiger partial charge in [0, 0.05) is 6.42 Å². The lowest BCUT2D eigenvalue weighted by atomic mass is 9.99. The normalized spacial score (nSPS) is 14.7. The lowest BCUT2D eigenvalue weighted by molar-refractivity contribution is -0.140. The number of carbonyl (C=O) groups is 1. The van der Waals surface area contributed by atoms with Crippen molar-refractivity contribution in [1.82, 2.24) is 0 Å². The zero-order valence-electron chi connectivity index (χ0n) is 17.9. The maximum absolute atomic E-state index is 11.1. The second kappa shape index (κ2) is 15.2. The third-order valence-electron chi connectivity index (χ3n) is 5.12. The molecule has 1 aromatic rings. The van der Waals surface area contributed by atoms with Crippen LogP contribution >= 0.6 is 0 Å². The molecule has 0 spiro atoms. The first-order chi connectivity index (χ1) is 14.0. The first kappa shape index (κ1) is 25.3. The van der Waals surface area contributed by atoms with Gasteiger partial charge < -0.3 is 20.1 Å².